The number of alkyl halides is 1. The second-order valence-electron chi connectivity index (χ2n) is 3.39. The average molecular weight is 235 g/mol. The SMILES string of the molecule is O=S(=O)(NC1CC1)c1c[nH]c(CCl)c1. The highest BCUT2D eigenvalue weighted by molar-refractivity contribution is 7.89. The van der Waals surface area contributed by atoms with Crippen molar-refractivity contribution in [3.05, 3.63) is 18.0 Å². The zero-order chi connectivity index (χ0) is 10.2. The Hall–Kier alpha value is -0.520. The summed E-state index contributed by atoms with van der Waals surface area (Å²) in [7, 11) is -3.33. The van der Waals surface area contributed by atoms with Gasteiger partial charge in [0.25, 0.3) is 0 Å². The number of hydrogen-bond acceptors (Lipinski definition) is 2. The van der Waals surface area contributed by atoms with Crippen LogP contribution in [-0.2, 0) is 15.9 Å². The van der Waals surface area contributed by atoms with Crippen molar-refractivity contribution in [3.63, 3.8) is 0 Å². The Morgan fingerprint density at radius 3 is 2.79 bits per heavy atom. The molecular weight excluding hydrogens is 224 g/mol. The van der Waals surface area contributed by atoms with Gasteiger partial charge in [-0.2, -0.15) is 0 Å². The van der Waals surface area contributed by atoms with Crippen LogP contribution in [0.3, 0.4) is 0 Å². The van der Waals surface area contributed by atoms with Crippen molar-refractivity contribution in [3.8, 4) is 0 Å². The lowest BCUT2D eigenvalue weighted by atomic mass is 10.5. The van der Waals surface area contributed by atoms with E-state index in [1.165, 1.54) is 6.20 Å². The highest BCUT2D eigenvalue weighted by Crippen LogP contribution is 2.22. The van der Waals surface area contributed by atoms with Gasteiger partial charge in [-0.1, -0.05) is 0 Å². The Labute approximate surface area is 87.7 Å². The molecule has 0 radical (unpaired) electrons. The average Bonchev–Trinajstić information content (AvgIpc) is 2.81. The number of aromatic nitrogens is 1. The highest BCUT2D eigenvalue weighted by atomic mass is 35.5. The van der Waals surface area contributed by atoms with Crippen molar-refractivity contribution in [1.82, 2.24) is 9.71 Å². The summed E-state index contributed by atoms with van der Waals surface area (Å²) in [5.74, 6) is 0.291. The summed E-state index contributed by atoms with van der Waals surface area (Å²) in [4.78, 5) is 3.07. The molecule has 1 aliphatic carbocycles. The molecule has 1 saturated carbocycles. The molecule has 14 heavy (non-hydrogen) atoms. The molecule has 0 unspecified atom stereocenters. The molecule has 0 amide bonds. The summed E-state index contributed by atoms with van der Waals surface area (Å²) in [6, 6.07) is 1.69. The van der Waals surface area contributed by atoms with E-state index in [9.17, 15) is 8.42 Å². The van der Waals surface area contributed by atoms with Gasteiger partial charge in [0.15, 0.2) is 0 Å². The number of sulfonamides is 1. The van der Waals surface area contributed by atoms with E-state index in [-0.39, 0.29) is 10.9 Å². The third kappa shape index (κ3) is 2.10. The molecule has 2 rings (SSSR count). The van der Waals surface area contributed by atoms with Crippen LogP contribution < -0.4 is 4.72 Å². The maximum atomic E-state index is 11.6. The fourth-order valence-corrected chi connectivity index (χ4v) is 2.62. The Balaban J connectivity index is 2.19. The second kappa shape index (κ2) is 3.56. The Kier molecular flexibility index (Phi) is 2.55. The van der Waals surface area contributed by atoms with E-state index in [0.717, 1.165) is 12.8 Å². The van der Waals surface area contributed by atoms with E-state index in [1.807, 2.05) is 0 Å². The molecule has 0 aliphatic heterocycles. The number of aromatic amines is 1. The van der Waals surface area contributed by atoms with Crippen molar-refractivity contribution < 1.29 is 8.42 Å². The minimum Gasteiger partial charge on any atom is -0.363 e. The molecule has 0 atom stereocenters. The molecular formula is C8H11ClN2O2S. The quantitative estimate of drug-likeness (QED) is 0.769. The minimum absolute atomic E-state index is 0.134. The number of rotatable bonds is 4. The summed E-state index contributed by atoms with van der Waals surface area (Å²) in [6.07, 6.45) is 3.33. The fraction of sp³-hybridized carbons (Fsp3) is 0.500. The van der Waals surface area contributed by atoms with E-state index in [4.69, 9.17) is 11.6 Å². The lowest BCUT2D eigenvalue weighted by Gasteiger charge is -2.01. The molecule has 0 saturated heterocycles. The van der Waals surface area contributed by atoms with Crippen molar-refractivity contribution in [1.29, 1.82) is 0 Å². The molecule has 0 aromatic carbocycles. The summed E-state index contributed by atoms with van der Waals surface area (Å²) in [6.45, 7) is 0. The third-order valence-electron chi connectivity index (χ3n) is 2.07. The third-order valence-corrected chi connectivity index (χ3v) is 3.86. The van der Waals surface area contributed by atoms with Crippen LogP contribution in [0.4, 0.5) is 0 Å². The van der Waals surface area contributed by atoms with Gasteiger partial charge in [-0.15, -0.1) is 11.6 Å². The molecule has 0 spiro atoms. The van der Waals surface area contributed by atoms with E-state index >= 15 is 0 Å². The van der Waals surface area contributed by atoms with Gasteiger partial charge in [0.2, 0.25) is 10.0 Å². The van der Waals surface area contributed by atoms with E-state index in [1.54, 1.807) is 6.07 Å². The van der Waals surface area contributed by atoms with E-state index < -0.39 is 10.0 Å². The first-order valence-corrected chi connectivity index (χ1v) is 6.39. The molecule has 4 nitrogen and oxygen atoms in total. The second-order valence-corrected chi connectivity index (χ2v) is 5.37. The van der Waals surface area contributed by atoms with Crippen LogP contribution >= 0.6 is 11.6 Å². The minimum atomic E-state index is -3.33. The number of nitrogens with one attached hydrogen (secondary N) is 2. The predicted octanol–water partition coefficient (Wildman–Crippen LogP) is 1.19. The zero-order valence-corrected chi connectivity index (χ0v) is 9.03. The van der Waals surface area contributed by atoms with Crippen LogP contribution in [0, 0.1) is 0 Å². The summed E-state index contributed by atoms with van der Waals surface area (Å²) in [5.41, 5.74) is 0.711. The van der Waals surface area contributed by atoms with Crippen LogP contribution in [0.1, 0.15) is 18.5 Å². The number of H-pyrrole nitrogens is 1. The molecule has 1 fully saturated rings. The van der Waals surface area contributed by atoms with Crippen LogP contribution in [0.25, 0.3) is 0 Å². The molecule has 1 aliphatic rings. The Bertz CT molecular complexity index is 422. The van der Waals surface area contributed by atoms with Crippen molar-refractivity contribution in [2.75, 3.05) is 0 Å². The molecule has 1 aromatic heterocycles. The summed E-state index contributed by atoms with van der Waals surface area (Å²) < 4.78 is 25.9. The maximum absolute atomic E-state index is 11.6. The van der Waals surface area contributed by atoms with Gasteiger partial charge in [0.1, 0.15) is 0 Å². The van der Waals surface area contributed by atoms with Crippen LogP contribution in [-0.4, -0.2) is 19.4 Å². The monoisotopic (exact) mass is 234 g/mol. The maximum Gasteiger partial charge on any atom is 0.242 e. The van der Waals surface area contributed by atoms with Crippen LogP contribution in [0.15, 0.2) is 17.2 Å². The molecule has 6 heteroatoms. The van der Waals surface area contributed by atoms with Crippen LogP contribution in [0.5, 0.6) is 0 Å². The van der Waals surface area contributed by atoms with Gasteiger partial charge in [-0.3, -0.25) is 0 Å². The fourth-order valence-electron chi connectivity index (χ4n) is 1.14. The topological polar surface area (TPSA) is 62.0 Å². The standard InChI is InChI=1S/C8H11ClN2O2S/c9-4-7-3-8(5-10-7)14(12,13)11-6-1-2-6/h3,5-6,10-11H,1-2,4H2. The number of hydrogen-bond donors (Lipinski definition) is 2. The van der Waals surface area contributed by atoms with E-state index in [2.05, 4.69) is 9.71 Å². The molecule has 0 bridgehead atoms. The smallest absolute Gasteiger partial charge is 0.242 e. The predicted molar refractivity (Wildman–Crippen MR) is 53.7 cm³/mol. The Morgan fingerprint density at radius 1 is 1.57 bits per heavy atom. The first kappa shape index (κ1) is 10.0. The molecule has 1 heterocycles. The zero-order valence-electron chi connectivity index (χ0n) is 7.46. The van der Waals surface area contributed by atoms with Gasteiger partial charge in [-0.25, -0.2) is 13.1 Å². The van der Waals surface area contributed by atoms with E-state index in [0.29, 0.717) is 11.6 Å². The molecule has 78 valence electrons. The lowest BCUT2D eigenvalue weighted by Crippen LogP contribution is -2.25. The lowest BCUT2D eigenvalue weighted by molar-refractivity contribution is 0.581. The Morgan fingerprint density at radius 2 is 2.29 bits per heavy atom. The van der Waals surface area contributed by atoms with Crippen molar-refractivity contribution in [2.45, 2.75) is 29.7 Å². The number of halogens is 1. The van der Waals surface area contributed by atoms with Crippen molar-refractivity contribution in [2.24, 2.45) is 0 Å². The first-order valence-electron chi connectivity index (χ1n) is 4.37. The molecule has 2 N–H and O–H groups in total. The van der Waals surface area contributed by atoms with Gasteiger partial charge < -0.3 is 4.98 Å². The van der Waals surface area contributed by atoms with Crippen molar-refractivity contribution >= 4 is 21.6 Å². The van der Waals surface area contributed by atoms with Gasteiger partial charge in [0, 0.05) is 17.9 Å². The highest BCUT2D eigenvalue weighted by Gasteiger charge is 2.28. The van der Waals surface area contributed by atoms with Crippen LogP contribution in [0.2, 0.25) is 0 Å². The van der Waals surface area contributed by atoms with Gasteiger partial charge in [0.05, 0.1) is 10.8 Å². The normalized spacial score (nSPS) is 17.2. The molecule has 1 aromatic rings. The first-order chi connectivity index (χ1) is 6.62. The van der Waals surface area contributed by atoms with Gasteiger partial charge >= 0.3 is 0 Å². The van der Waals surface area contributed by atoms with Gasteiger partial charge in [-0.05, 0) is 18.9 Å². The summed E-state index contributed by atoms with van der Waals surface area (Å²) >= 11 is 5.56. The summed E-state index contributed by atoms with van der Waals surface area (Å²) in [5, 5.41) is 0. The largest absolute Gasteiger partial charge is 0.363 e.